The van der Waals surface area contributed by atoms with Crippen LogP contribution in [0.1, 0.15) is 29.3 Å². The van der Waals surface area contributed by atoms with Gasteiger partial charge in [-0.1, -0.05) is 19.1 Å². The number of halogens is 1. The predicted octanol–water partition coefficient (Wildman–Crippen LogP) is 3.39. The lowest BCUT2D eigenvalue weighted by Crippen LogP contribution is -2.18. The molecule has 0 heterocycles. The van der Waals surface area contributed by atoms with Crippen molar-refractivity contribution in [3.8, 4) is 11.5 Å². The number of nitrogens with zero attached hydrogens (tertiary/aromatic N) is 1. The zero-order valence-corrected chi connectivity index (χ0v) is 13.6. The normalized spacial score (nSPS) is 10.6. The van der Waals surface area contributed by atoms with E-state index in [0.717, 1.165) is 12.0 Å². The maximum atomic E-state index is 13.5. The average molecular weight is 330 g/mol. The Kier molecular flexibility index (Phi) is 6.31. The van der Waals surface area contributed by atoms with Gasteiger partial charge in [-0.2, -0.15) is 5.10 Å². The molecule has 1 N–H and O–H groups in total. The highest BCUT2D eigenvalue weighted by atomic mass is 19.1. The number of carbonyl (C=O) groups is 1. The molecular formula is C18H19FN2O3. The summed E-state index contributed by atoms with van der Waals surface area (Å²) in [5.41, 5.74) is 2.96. The molecule has 0 aliphatic heterocycles. The average Bonchev–Trinajstić information content (AvgIpc) is 2.60. The maximum Gasteiger partial charge on any atom is 0.274 e. The van der Waals surface area contributed by atoms with E-state index in [1.165, 1.54) is 24.4 Å². The van der Waals surface area contributed by atoms with Gasteiger partial charge >= 0.3 is 0 Å². The van der Waals surface area contributed by atoms with Crippen LogP contribution in [0.15, 0.2) is 47.6 Å². The van der Waals surface area contributed by atoms with Crippen molar-refractivity contribution in [2.24, 2.45) is 5.10 Å². The number of benzene rings is 2. The fraction of sp³-hybridized carbons (Fsp3) is 0.222. The number of amides is 1. The van der Waals surface area contributed by atoms with Crippen molar-refractivity contribution in [2.45, 2.75) is 13.3 Å². The molecule has 2 aromatic rings. The molecule has 6 heteroatoms. The molecule has 0 aliphatic carbocycles. The molecule has 2 rings (SSSR count). The second-order valence-corrected chi connectivity index (χ2v) is 4.94. The molecule has 1 amide bonds. The van der Waals surface area contributed by atoms with E-state index in [1.54, 1.807) is 31.4 Å². The van der Waals surface area contributed by atoms with Crippen molar-refractivity contribution >= 4 is 12.1 Å². The minimum absolute atomic E-state index is 0.0589. The van der Waals surface area contributed by atoms with E-state index in [0.29, 0.717) is 18.1 Å². The standard InChI is InChI=1S/C18H19FN2O3/c1-3-10-24-17-11-13(8-9-16(17)23-2)12-20-21-18(22)14-6-4-5-7-15(14)19/h4-9,11-12H,3,10H2,1-2H3,(H,21,22)/b20-12-. The summed E-state index contributed by atoms with van der Waals surface area (Å²) in [5, 5.41) is 3.85. The molecule has 2 aromatic carbocycles. The molecule has 0 spiro atoms. The Bertz CT molecular complexity index is 732. The van der Waals surface area contributed by atoms with E-state index in [1.807, 2.05) is 6.92 Å². The molecule has 126 valence electrons. The van der Waals surface area contributed by atoms with Gasteiger partial charge in [-0.05, 0) is 42.3 Å². The van der Waals surface area contributed by atoms with E-state index in [4.69, 9.17) is 9.47 Å². The molecule has 0 saturated carbocycles. The highest BCUT2D eigenvalue weighted by molar-refractivity contribution is 5.95. The lowest BCUT2D eigenvalue weighted by molar-refractivity contribution is 0.0951. The largest absolute Gasteiger partial charge is 0.493 e. The molecule has 0 aromatic heterocycles. The zero-order chi connectivity index (χ0) is 17.4. The van der Waals surface area contributed by atoms with Crippen LogP contribution in [0, 0.1) is 5.82 Å². The number of carbonyl (C=O) groups excluding carboxylic acids is 1. The number of methoxy groups -OCH3 is 1. The first-order chi connectivity index (χ1) is 11.7. The van der Waals surface area contributed by atoms with E-state index in [-0.39, 0.29) is 5.56 Å². The molecular weight excluding hydrogens is 311 g/mol. The first-order valence-electron chi connectivity index (χ1n) is 7.54. The molecule has 0 atom stereocenters. The molecule has 0 radical (unpaired) electrons. The Morgan fingerprint density at radius 2 is 2.04 bits per heavy atom. The van der Waals surface area contributed by atoms with Gasteiger partial charge in [0.15, 0.2) is 11.5 Å². The second-order valence-electron chi connectivity index (χ2n) is 4.94. The third-order valence-electron chi connectivity index (χ3n) is 3.15. The molecule has 0 aliphatic rings. The Hall–Kier alpha value is -2.89. The molecule has 0 saturated heterocycles. The molecule has 5 nitrogen and oxygen atoms in total. The summed E-state index contributed by atoms with van der Waals surface area (Å²) in [6.45, 7) is 2.58. The minimum atomic E-state index is -0.611. The summed E-state index contributed by atoms with van der Waals surface area (Å²) >= 11 is 0. The van der Waals surface area contributed by atoms with Crippen molar-refractivity contribution in [1.82, 2.24) is 5.43 Å². The molecule has 0 bridgehead atoms. The summed E-state index contributed by atoms with van der Waals surface area (Å²) < 4.78 is 24.3. The zero-order valence-electron chi connectivity index (χ0n) is 13.6. The monoisotopic (exact) mass is 330 g/mol. The minimum Gasteiger partial charge on any atom is -0.493 e. The number of ether oxygens (including phenoxy) is 2. The smallest absolute Gasteiger partial charge is 0.274 e. The third-order valence-corrected chi connectivity index (χ3v) is 3.15. The Labute approximate surface area is 140 Å². The van der Waals surface area contributed by atoms with E-state index in [9.17, 15) is 9.18 Å². The lowest BCUT2D eigenvalue weighted by Gasteiger charge is -2.10. The number of hydrogen-bond acceptors (Lipinski definition) is 4. The van der Waals surface area contributed by atoms with Crippen LogP contribution in [0.5, 0.6) is 11.5 Å². The summed E-state index contributed by atoms with van der Waals surface area (Å²) in [4.78, 5) is 11.9. The van der Waals surface area contributed by atoms with Crippen LogP contribution in [-0.2, 0) is 0 Å². The predicted molar refractivity (Wildman–Crippen MR) is 90.2 cm³/mol. The summed E-state index contributed by atoms with van der Waals surface area (Å²) in [6.07, 6.45) is 2.33. The fourth-order valence-electron chi connectivity index (χ4n) is 1.97. The van der Waals surface area contributed by atoms with Crippen LogP contribution in [0.3, 0.4) is 0 Å². The van der Waals surface area contributed by atoms with Crippen molar-refractivity contribution < 1.29 is 18.7 Å². The van der Waals surface area contributed by atoms with E-state index < -0.39 is 11.7 Å². The van der Waals surface area contributed by atoms with Crippen molar-refractivity contribution in [2.75, 3.05) is 13.7 Å². The highest BCUT2D eigenvalue weighted by Crippen LogP contribution is 2.27. The van der Waals surface area contributed by atoms with Gasteiger partial charge in [-0.25, -0.2) is 9.82 Å². The molecule has 24 heavy (non-hydrogen) atoms. The van der Waals surface area contributed by atoms with Gasteiger partial charge in [0.2, 0.25) is 0 Å². The van der Waals surface area contributed by atoms with E-state index >= 15 is 0 Å². The number of hydrazone groups is 1. The van der Waals surface area contributed by atoms with Crippen molar-refractivity contribution in [1.29, 1.82) is 0 Å². The van der Waals surface area contributed by atoms with Gasteiger partial charge < -0.3 is 9.47 Å². The summed E-state index contributed by atoms with van der Waals surface area (Å²) in [5.74, 6) is 0.0185. The van der Waals surface area contributed by atoms with Gasteiger partial charge in [0.05, 0.1) is 25.5 Å². The van der Waals surface area contributed by atoms with Gasteiger partial charge in [0.1, 0.15) is 5.82 Å². The maximum absolute atomic E-state index is 13.5. The fourth-order valence-corrected chi connectivity index (χ4v) is 1.97. The molecule has 0 fully saturated rings. The van der Waals surface area contributed by atoms with Crippen molar-refractivity contribution in [3.63, 3.8) is 0 Å². The van der Waals surface area contributed by atoms with Crippen LogP contribution >= 0.6 is 0 Å². The molecule has 0 unspecified atom stereocenters. The first-order valence-corrected chi connectivity index (χ1v) is 7.54. The Balaban J connectivity index is 2.06. The number of nitrogens with one attached hydrogen (secondary N) is 1. The van der Waals surface area contributed by atoms with Crippen LogP contribution in [0.4, 0.5) is 4.39 Å². The topological polar surface area (TPSA) is 59.9 Å². The first kappa shape index (κ1) is 17.5. The SMILES string of the molecule is CCCOc1cc(/C=N\NC(=O)c2ccccc2F)ccc1OC. The lowest BCUT2D eigenvalue weighted by atomic mass is 10.2. The van der Waals surface area contributed by atoms with Crippen LogP contribution in [0.2, 0.25) is 0 Å². The number of rotatable bonds is 7. The van der Waals surface area contributed by atoms with E-state index in [2.05, 4.69) is 10.5 Å². The highest BCUT2D eigenvalue weighted by Gasteiger charge is 2.09. The third kappa shape index (κ3) is 4.55. The van der Waals surface area contributed by atoms with Gasteiger partial charge in [-0.3, -0.25) is 4.79 Å². The second kappa shape index (κ2) is 8.67. The summed E-state index contributed by atoms with van der Waals surface area (Å²) in [6, 6.07) is 11.0. The summed E-state index contributed by atoms with van der Waals surface area (Å²) in [7, 11) is 1.57. The Morgan fingerprint density at radius 3 is 2.75 bits per heavy atom. The van der Waals surface area contributed by atoms with Gasteiger partial charge in [0.25, 0.3) is 5.91 Å². The van der Waals surface area contributed by atoms with Gasteiger partial charge in [0, 0.05) is 0 Å². The Morgan fingerprint density at radius 1 is 1.25 bits per heavy atom. The number of hydrogen-bond donors (Lipinski definition) is 1. The van der Waals surface area contributed by atoms with Crippen LogP contribution < -0.4 is 14.9 Å². The van der Waals surface area contributed by atoms with Crippen molar-refractivity contribution in [3.05, 3.63) is 59.4 Å². The van der Waals surface area contributed by atoms with Crippen LogP contribution in [0.25, 0.3) is 0 Å². The van der Waals surface area contributed by atoms with Gasteiger partial charge in [-0.15, -0.1) is 0 Å². The van der Waals surface area contributed by atoms with Crippen LogP contribution in [-0.4, -0.2) is 25.8 Å². The quantitative estimate of drug-likeness (QED) is 0.625.